The number of aromatic nitrogens is 2. The number of amides is 1. The Morgan fingerprint density at radius 2 is 2.00 bits per heavy atom. The zero-order valence-electron chi connectivity index (χ0n) is 14.8. The first-order chi connectivity index (χ1) is 13.7. The van der Waals surface area contributed by atoms with Gasteiger partial charge in [-0.25, -0.2) is 0 Å². The highest BCUT2D eigenvalue weighted by molar-refractivity contribution is 6.20. The van der Waals surface area contributed by atoms with E-state index in [4.69, 9.17) is 5.73 Å². The Hall–Kier alpha value is -3.21. The standard InChI is InChI=1S/C19H17N3O7/c20-18(28)10-8(24)4-6-15(26)12-11-13(21-22-16(11)19(6,29)17(10)27)9-5(14(12)25)2-1-3-7(9)23/h1-3,6,12,14-15,23,25-27,29H,4H2,(H2,20,28)(H,21,22)/t6-,12+,14-,15-,19+/m1/s1. The summed E-state index contributed by atoms with van der Waals surface area (Å²) in [5.74, 6) is -5.36. The lowest BCUT2D eigenvalue weighted by Crippen LogP contribution is -2.55. The molecule has 0 unspecified atom stereocenters. The summed E-state index contributed by atoms with van der Waals surface area (Å²) in [6.07, 6.45) is -3.20. The van der Waals surface area contributed by atoms with Crippen LogP contribution in [-0.4, -0.2) is 53.5 Å². The number of primary amides is 1. The zero-order chi connectivity index (χ0) is 20.8. The van der Waals surface area contributed by atoms with Crippen molar-refractivity contribution < 1.29 is 35.1 Å². The molecule has 0 aliphatic heterocycles. The van der Waals surface area contributed by atoms with Crippen LogP contribution < -0.4 is 5.73 Å². The number of rotatable bonds is 1. The molecule has 3 aliphatic rings. The Morgan fingerprint density at radius 3 is 2.69 bits per heavy atom. The van der Waals surface area contributed by atoms with Gasteiger partial charge in [0.25, 0.3) is 5.91 Å². The molecule has 5 atom stereocenters. The molecule has 0 radical (unpaired) electrons. The van der Waals surface area contributed by atoms with Gasteiger partial charge in [-0.15, -0.1) is 0 Å². The molecule has 0 saturated heterocycles. The van der Waals surface area contributed by atoms with Gasteiger partial charge in [0.1, 0.15) is 22.8 Å². The van der Waals surface area contributed by atoms with E-state index in [-0.39, 0.29) is 28.3 Å². The third-order valence-electron chi connectivity index (χ3n) is 6.33. The van der Waals surface area contributed by atoms with E-state index in [9.17, 15) is 35.1 Å². The first-order valence-electron chi connectivity index (χ1n) is 8.95. The maximum absolute atomic E-state index is 12.4. The van der Waals surface area contributed by atoms with Gasteiger partial charge in [-0.3, -0.25) is 14.7 Å². The molecule has 0 saturated carbocycles. The van der Waals surface area contributed by atoms with Crippen LogP contribution in [0.15, 0.2) is 29.5 Å². The minimum Gasteiger partial charge on any atom is -0.508 e. The van der Waals surface area contributed by atoms with Crippen LogP contribution in [0.4, 0.5) is 0 Å². The van der Waals surface area contributed by atoms with Crippen molar-refractivity contribution in [2.45, 2.75) is 30.1 Å². The number of fused-ring (bicyclic) bond motifs is 4. The van der Waals surface area contributed by atoms with Crippen molar-refractivity contribution in [3.8, 4) is 17.0 Å². The maximum atomic E-state index is 12.4. The van der Waals surface area contributed by atoms with E-state index in [1.54, 1.807) is 12.1 Å². The van der Waals surface area contributed by atoms with E-state index in [1.807, 2.05) is 0 Å². The number of hydrogen-bond acceptors (Lipinski definition) is 8. The number of benzene rings is 1. The Labute approximate surface area is 162 Å². The summed E-state index contributed by atoms with van der Waals surface area (Å²) in [5, 5.41) is 61.2. The summed E-state index contributed by atoms with van der Waals surface area (Å²) in [6, 6.07) is 4.53. The smallest absolute Gasteiger partial charge is 0.255 e. The van der Waals surface area contributed by atoms with Crippen LogP contribution in [0.1, 0.15) is 35.3 Å². The fraction of sp³-hybridized carbons (Fsp3) is 0.316. The highest BCUT2D eigenvalue weighted by Gasteiger charge is 2.62. The van der Waals surface area contributed by atoms with Crippen molar-refractivity contribution >= 4 is 11.7 Å². The highest BCUT2D eigenvalue weighted by atomic mass is 16.3. The second-order valence-corrected chi connectivity index (χ2v) is 7.65. The van der Waals surface area contributed by atoms with Gasteiger partial charge in [-0.2, -0.15) is 5.10 Å². The number of aromatic amines is 1. The van der Waals surface area contributed by atoms with Crippen molar-refractivity contribution in [2.24, 2.45) is 11.7 Å². The number of aliphatic hydroxyl groups is 4. The van der Waals surface area contributed by atoms with E-state index < -0.39 is 59.1 Å². The number of ketones is 1. The Morgan fingerprint density at radius 1 is 1.28 bits per heavy atom. The molecular weight excluding hydrogens is 382 g/mol. The number of carbonyl (C=O) groups is 2. The monoisotopic (exact) mass is 399 g/mol. The quantitative estimate of drug-likeness (QED) is 0.308. The fourth-order valence-corrected chi connectivity index (χ4v) is 5.05. The van der Waals surface area contributed by atoms with Crippen LogP contribution in [0.25, 0.3) is 11.3 Å². The number of carbonyl (C=O) groups excluding carboxylic acids is 2. The molecular formula is C19H17N3O7. The largest absolute Gasteiger partial charge is 0.508 e. The third kappa shape index (κ3) is 1.92. The van der Waals surface area contributed by atoms with Crippen LogP contribution >= 0.6 is 0 Å². The molecule has 1 amide bonds. The number of nitrogens with one attached hydrogen (secondary N) is 1. The molecule has 0 bridgehead atoms. The van der Waals surface area contributed by atoms with Crippen LogP contribution in [-0.2, 0) is 15.2 Å². The minimum absolute atomic E-state index is 0.0653. The summed E-state index contributed by atoms with van der Waals surface area (Å²) >= 11 is 0. The second-order valence-electron chi connectivity index (χ2n) is 7.65. The van der Waals surface area contributed by atoms with Gasteiger partial charge < -0.3 is 31.3 Å². The number of aliphatic hydroxyl groups excluding tert-OH is 3. The van der Waals surface area contributed by atoms with Crippen molar-refractivity contribution in [2.75, 3.05) is 0 Å². The lowest BCUT2D eigenvalue weighted by atomic mass is 9.59. The molecule has 1 heterocycles. The number of phenolic OH excluding ortho intramolecular Hbond substituents is 1. The predicted molar refractivity (Wildman–Crippen MR) is 95.3 cm³/mol. The molecule has 150 valence electrons. The van der Waals surface area contributed by atoms with E-state index in [0.29, 0.717) is 5.56 Å². The van der Waals surface area contributed by atoms with Gasteiger partial charge in [0.05, 0.1) is 17.9 Å². The summed E-state index contributed by atoms with van der Waals surface area (Å²) in [5.41, 5.74) is 3.03. The van der Waals surface area contributed by atoms with Crippen LogP contribution in [0.5, 0.6) is 5.75 Å². The first kappa shape index (κ1) is 17.9. The molecule has 1 aromatic carbocycles. The van der Waals surface area contributed by atoms with Gasteiger partial charge in [-0.1, -0.05) is 12.1 Å². The second kappa shape index (κ2) is 5.44. The molecule has 8 N–H and O–H groups in total. The van der Waals surface area contributed by atoms with Crippen molar-refractivity contribution in [1.82, 2.24) is 10.2 Å². The summed E-state index contributed by atoms with van der Waals surface area (Å²) < 4.78 is 0. The van der Waals surface area contributed by atoms with E-state index in [1.165, 1.54) is 6.07 Å². The molecule has 3 aliphatic carbocycles. The average molecular weight is 399 g/mol. The zero-order valence-corrected chi connectivity index (χ0v) is 14.8. The van der Waals surface area contributed by atoms with Gasteiger partial charge in [-0.05, 0) is 11.6 Å². The van der Waals surface area contributed by atoms with Crippen LogP contribution in [0.3, 0.4) is 0 Å². The van der Waals surface area contributed by atoms with Crippen molar-refractivity contribution in [1.29, 1.82) is 0 Å². The number of nitrogens with two attached hydrogens (primary N) is 1. The Balaban J connectivity index is 1.85. The molecule has 0 spiro atoms. The number of nitrogens with zero attached hydrogens (tertiary/aromatic N) is 1. The van der Waals surface area contributed by atoms with Gasteiger partial charge in [0, 0.05) is 29.4 Å². The number of H-pyrrole nitrogens is 1. The highest BCUT2D eigenvalue weighted by Crippen LogP contribution is 2.60. The van der Waals surface area contributed by atoms with Gasteiger partial charge in [0.2, 0.25) is 0 Å². The van der Waals surface area contributed by atoms with Gasteiger partial charge >= 0.3 is 0 Å². The van der Waals surface area contributed by atoms with Crippen LogP contribution in [0, 0.1) is 5.92 Å². The predicted octanol–water partition coefficient (Wildman–Crippen LogP) is -0.639. The molecule has 0 fully saturated rings. The lowest BCUT2D eigenvalue weighted by molar-refractivity contribution is -0.142. The SMILES string of the molecule is NC(=O)C1=C(O)[C@@]2(O)c3[nH]nc4c3[C@H]([C@H](O)[C@H]2CC1=O)[C@H](O)c1cccc(O)c1-4. The summed E-state index contributed by atoms with van der Waals surface area (Å²) in [6.45, 7) is 0. The molecule has 29 heavy (non-hydrogen) atoms. The molecule has 2 aromatic rings. The van der Waals surface area contributed by atoms with Crippen molar-refractivity contribution in [3.63, 3.8) is 0 Å². The fourth-order valence-electron chi connectivity index (χ4n) is 5.05. The first-order valence-corrected chi connectivity index (χ1v) is 8.95. The molecule has 5 rings (SSSR count). The van der Waals surface area contributed by atoms with Gasteiger partial charge in [0.15, 0.2) is 11.4 Å². The minimum atomic E-state index is -2.34. The summed E-state index contributed by atoms with van der Waals surface area (Å²) in [4.78, 5) is 24.1. The van der Waals surface area contributed by atoms with Crippen molar-refractivity contribution in [3.05, 3.63) is 46.4 Å². The maximum Gasteiger partial charge on any atom is 0.255 e. The van der Waals surface area contributed by atoms with E-state index in [2.05, 4.69) is 10.2 Å². The number of phenols is 1. The number of aromatic hydroxyl groups is 1. The summed E-state index contributed by atoms with van der Waals surface area (Å²) in [7, 11) is 0. The molecule has 10 nitrogen and oxygen atoms in total. The number of Topliss-reactive ketones (excluding diaryl/α,β-unsaturated/α-hetero) is 1. The van der Waals surface area contributed by atoms with E-state index in [0.717, 1.165) is 0 Å². The topological polar surface area (TPSA) is 190 Å². The van der Waals surface area contributed by atoms with Crippen LogP contribution in [0.2, 0.25) is 0 Å². The average Bonchev–Trinajstić information content (AvgIpc) is 3.09. The normalized spacial score (nSPS) is 32.4. The molecule has 1 aromatic heterocycles. The number of hydrogen-bond donors (Lipinski definition) is 7. The van der Waals surface area contributed by atoms with E-state index >= 15 is 0 Å². The lowest BCUT2D eigenvalue weighted by Gasteiger charge is -2.49. The molecule has 10 heteroatoms. The Bertz CT molecular complexity index is 1140. The third-order valence-corrected chi connectivity index (χ3v) is 6.33. The Kier molecular flexibility index (Phi) is 3.35.